The Morgan fingerprint density at radius 2 is 2.00 bits per heavy atom. The molecule has 0 saturated carbocycles. The third kappa shape index (κ3) is 5.23. The highest BCUT2D eigenvalue weighted by molar-refractivity contribution is 9.10. The van der Waals surface area contributed by atoms with Crippen LogP contribution in [0, 0.1) is 5.92 Å². The van der Waals surface area contributed by atoms with Crippen LogP contribution in [0.3, 0.4) is 0 Å². The number of hydrogen-bond acceptors (Lipinski definition) is 5. The van der Waals surface area contributed by atoms with E-state index in [9.17, 15) is 9.59 Å². The van der Waals surface area contributed by atoms with Crippen molar-refractivity contribution < 1.29 is 9.53 Å². The molecule has 1 N–H and O–H groups in total. The molecule has 2 aromatic carbocycles. The lowest BCUT2D eigenvalue weighted by Crippen LogP contribution is -2.46. The van der Waals surface area contributed by atoms with Crippen molar-refractivity contribution in [3.8, 4) is 5.75 Å². The monoisotopic (exact) mass is 534 g/mol. The van der Waals surface area contributed by atoms with Crippen molar-refractivity contribution >= 4 is 28.1 Å². The number of methoxy groups -OCH3 is 1. The van der Waals surface area contributed by atoms with Crippen molar-refractivity contribution in [1.29, 1.82) is 0 Å². The molecule has 180 valence electrons. The van der Waals surface area contributed by atoms with Crippen LogP contribution in [0.2, 0.25) is 0 Å². The van der Waals surface area contributed by atoms with Crippen LogP contribution in [-0.4, -0.2) is 41.8 Å². The standard InChI is InChI=1S/C27H27BrN4O3/c1-35-25-9-8-18(13-29-30-27(34)20-4-2-5-23(28)12-20)10-22(25)17-31-14-19-11-21(16-31)24-6-3-7-26(33)32(24)15-19/h2-10,12-13,19,21H,11,14-17H2,1H3,(H,30,34)/b29-13-/t19-,21+/m1/s1. The zero-order valence-corrected chi connectivity index (χ0v) is 21.1. The Morgan fingerprint density at radius 1 is 1.14 bits per heavy atom. The summed E-state index contributed by atoms with van der Waals surface area (Å²) in [6.07, 6.45) is 2.77. The van der Waals surface area contributed by atoms with Crippen LogP contribution >= 0.6 is 15.9 Å². The summed E-state index contributed by atoms with van der Waals surface area (Å²) in [5, 5.41) is 4.14. The number of piperidine rings is 1. The van der Waals surface area contributed by atoms with Gasteiger partial charge in [0.2, 0.25) is 0 Å². The summed E-state index contributed by atoms with van der Waals surface area (Å²) in [5.74, 6) is 1.38. The van der Waals surface area contributed by atoms with Crippen molar-refractivity contribution in [2.45, 2.75) is 25.4 Å². The number of aromatic nitrogens is 1. The number of nitrogens with zero attached hydrogens (tertiary/aromatic N) is 3. The Labute approximate surface area is 212 Å². The van der Waals surface area contributed by atoms with Gasteiger partial charge in [-0.2, -0.15) is 5.10 Å². The molecule has 1 fully saturated rings. The Bertz CT molecular complexity index is 1340. The van der Waals surface area contributed by atoms with Crippen LogP contribution < -0.4 is 15.7 Å². The minimum Gasteiger partial charge on any atom is -0.496 e. The molecule has 35 heavy (non-hydrogen) atoms. The normalized spacial score (nSPS) is 19.4. The summed E-state index contributed by atoms with van der Waals surface area (Å²) in [6, 6.07) is 18.7. The fourth-order valence-corrected chi connectivity index (χ4v) is 5.63. The average Bonchev–Trinajstić information content (AvgIpc) is 2.85. The smallest absolute Gasteiger partial charge is 0.271 e. The van der Waals surface area contributed by atoms with Crippen molar-refractivity contribution in [3.05, 3.63) is 97.9 Å². The van der Waals surface area contributed by atoms with Crippen molar-refractivity contribution in [1.82, 2.24) is 14.9 Å². The largest absolute Gasteiger partial charge is 0.496 e. The summed E-state index contributed by atoms with van der Waals surface area (Å²) in [7, 11) is 1.68. The molecule has 0 radical (unpaired) electrons. The van der Waals surface area contributed by atoms with Crippen LogP contribution in [0.5, 0.6) is 5.75 Å². The van der Waals surface area contributed by atoms with E-state index in [0.717, 1.165) is 59.6 Å². The first-order chi connectivity index (χ1) is 17.0. The molecule has 5 rings (SSSR count). The molecule has 8 heteroatoms. The first-order valence-electron chi connectivity index (χ1n) is 11.7. The highest BCUT2D eigenvalue weighted by Crippen LogP contribution is 2.36. The molecule has 2 atom stereocenters. The van der Waals surface area contributed by atoms with E-state index in [0.29, 0.717) is 17.4 Å². The number of pyridine rings is 1. The van der Waals surface area contributed by atoms with E-state index in [1.165, 1.54) is 0 Å². The molecule has 2 aliphatic rings. The number of amides is 1. The number of fused-ring (bicyclic) bond motifs is 4. The molecule has 0 spiro atoms. The van der Waals surface area contributed by atoms with Crippen LogP contribution in [0.15, 0.2) is 75.0 Å². The molecule has 2 bridgehead atoms. The van der Waals surface area contributed by atoms with E-state index in [1.807, 2.05) is 34.9 Å². The number of carbonyl (C=O) groups excluding carboxylic acids is 1. The zero-order chi connectivity index (χ0) is 24.4. The summed E-state index contributed by atoms with van der Waals surface area (Å²) in [4.78, 5) is 27.1. The molecule has 1 amide bonds. The lowest BCUT2D eigenvalue weighted by Gasteiger charge is -2.42. The van der Waals surface area contributed by atoms with Gasteiger partial charge in [-0.15, -0.1) is 0 Å². The van der Waals surface area contributed by atoms with Gasteiger partial charge in [-0.25, -0.2) is 5.43 Å². The highest BCUT2D eigenvalue weighted by Gasteiger charge is 2.34. The second kappa shape index (κ2) is 10.2. The topological polar surface area (TPSA) is 75.9 Å². The molecule has 3 aromatic rings. The molecule has 3 heterocycles. The number of nitrogens with one attached hydrogen (secondary N) is 1. The third-order valence-electron chi connectivity index (χ3n) is 6.72. The Morgan fingerprint density at radius 3 is 2.83 bits per heavy atom. The maximum absolute atomic E-state index is 12.3. The Kier molecular flexibility index (Phi) is 6.83. The number of halogens is 1. The predicted octanol–water partition coefficient (Wildman–Crippen LogP) is 4.00. The molecular weight excluding hydrogens is 508 g/mol. The predicted molar refractivity (Wildman–Crippen MR) is 139 cm³/mol. The number of likely N-dealkylation sites (tertiary alicyclic amines) is 1. The maximum Gasteiger partial charge on any atom is 0.271 e. The van der Waals surface area contributed by atoms with E-state index in [1.54, 1.807) is 31.5 Å². The first kappa shape index (κ1) is 23.5. The number of hydrazone groups is 1. The van der Waals surface area contributed by atoms with Gasteiger partial charge in [-0.05, 0) is 60.4 Å². The summed E-state index contributed by atoms with van der Waals surface area (Å²) >= 11 is 3.37. The fourth-order valence-electron chi connectivity index (χ4n) is 5.23. The zero-order valence-electron chi connectivity index (χ0n) is 19.5. The van der Waals surface area contributed by atoms with E-state index in [-0.39, 0.29) is 11.5 Å². The molecule has 1 aromatic heterocycles. The first-order valence-corrected chi connectivity index (χ1v) is 12.5. The molecule has 1 saturated heterocycles. The molecular formula is C27H27BrN4O3. The van der Waals surface area contributed by atoms with E-state index in [2.05, 4.69) is 43.5 Å². The van der Waals surface area contributed by atoms with Gasteiger partial charge in [-0.1, -0.05) is 28.1 Å². The minimum absolute atomic E-state index is 0.103. The number of ether oxygens (including phenoxy) is 1. The lowest BCUT2D eigenvalue weighted by atomic mass is 9.83. The van der Waals surface area contributed by atoms with Crippen LogP contribution in [0.4, 0.5) is 0 Å². The number of carbonyl (C=O) groups is 1. The fraction of sp³-hybridized carbons (Fsp3) is 0.296. The summed E-state index contributed by atoms with van der Waals surface area (Å²) in [5.41, 5.74) is 6.32. The number of rotatable bonds is 6. The minimum atomic E-state index is -0.268. The van der Waals surface area contributed by atoms with E-state index >= 15 is 0 Å². The van der Waals surface area contributed by atoms with Gasteiger partial charge in [0.05, 0.1) is 13.3 Å². The van der Waals surface area contributed by atoms with Crippen LogP contribution in [0.1, 0.15) is 39.5 Å². The van der Waals surface area contributed by atoms with Gasteiger partial charge in [0.25, 0.3) is 11.5 Å². The second-order valence-electron chi connectivity index (χ2n) is 9.17. The second-order valence-corrected chi connectivity index (χ2v) is 10.1. The molecule has 0 unspecified atom stereocenters. The lowest BCUT2D eigenvalue weighted by molar-refractivity contribution is 0.0955. The van der Waals surface area contributed by atoms with Gasteiger partial charge in [-0.3, -0.25) is 14.5 Å². The van der Waals surface area contributed by atoms with Gasteiger partial charge in [0.15, 0.2) is 0 Å². The molecule has 2 aliphatic heterocycles. The van der Waals surface area contributed by atoms with E-state index < -0.39 is 0 Å². The SMILES string of the molecule is COc1ccc(/C=N\NC(=O)c2cccc(Br)c2)cc1CN1C[C@H]2C[C@@H](C1)c1cccc(=O)n1C2. The highest BCUT2D eigenvalue weighted by atomic mass is 79.9. The Hall–Kier alpha value is -3.23. The Balaban J connectivity index is 1.28. The van der Waals surface area contributed by atoms with Crippen molar-refractivity contribution in [2.75, 3.05) is 20.2 Å². The van der Waals surface area contributed by atoms with Crippen molar-refractivity contribution in [2.24, 2.45) is 11.0 Å². The van der Waals surface area contributed by atoms with E-state index in [4.69, 9.17) is 4.74 Å². The number of benzene rings is 2. The molecule has 0 aliphatic carbocycles. The van der Waals surface area contributed by atoms with Crippen LogP contribution in [-0.2, 0) is 13.1 Å². The quantitative estimate of drug-likeness (QED) is 0.383. The van der Waals surface area contributed by atoms with Gasteiger partial charge in [0, 0.05) is 59.5 Å². The third-order valence-corrected chi connectivity index (χ3v) is 7.21. The number of hydrogen-bond donors (Lipinski definition) is 1. The molecule has 7 nitrogen and oxygen atoms in total. The maximum atomic E-state index is 12.3. The average molecular weight is 535 g/mol. The van der Waals surface area contributed by atoms with Gasteiger partial charge < -0.3 is 9.30 Å². The summed E-state index contributed by atoms with van der Waals surface area (Å²) in [6.45, 7) is 3.38. The van der Waals surface area contributed by atoms with Crippen LogP contribution in [0.25, 0.3) is 0 Å². The van der Waals surface area contributed by atoms with Gasteiger partial charge in [0.1, 0.15) is 5.75 Å². The van der Waals surface area contributed by atoms with Crippen molar-refractivity contribution in [3.63, 3.8) is 0 Å². The summed E-state index contributed by atoms with van der Waals surface area (Å²) < 4.78 is 8.42. The van der Waals surface area contributed by atoms with Gasteiger partial charge >= 0.3 is 0 Å².